The van der Waals surface area contributed by atoms with Gasteiger partial charge in [0.25, 0.3) is 0 Å². The number of hydrogen-bond donors (Lipinski definition) is 0. The summed E-state index contributed by atoms with van der Waals surface area (Å²) in [4.78, 5) is 4.81. The van der Waals surface area contributed by atoms with Gasteiger partial charge in [0.05, 0.1) is 11.4 Å². The summed E-state index contributed by atoms with van der Waals surface area (Å²) in [5, 5.41) is 4.89. The molecular weight excluding hydrogens is 294 g/mol. The highest BCUT2D eigenvalue weighted by Gasteiger charge is 2.22. The molecule has 0 N–H and O–H groups in total. The molecule has 0 saturated carbocycles. The average molecular weight is 311 g/mol. The van der Waals surface area contributed by atoms with E-state index in [2.05, 4.69) is 49.4 Å². The molecular formula is C21H17N3. The van der Waals surface area contributed by atoms with Gasteiger partial charge >= 0.3 is 0 Å². The van der Waals surface area contributed by atoms with Gasteiger partial charge in [0.15, 0.2) is 5.65 Å². The van der Waals surface area contributed by atoms with Gasteiger partial charge in [0.2, 0.25) is 0 Å². The van der Waals surface area contributed by atoms with Crippen LogP contribution < -0.4 is 0 Å². The predicted molar refractivity (Wildman–Crippen MR) is 96.0 cm³/mol. The molecule has 2 heterocycles. The van der Waals surface area contributed by atoms with E-state index in [9.17, 15) is 0 Å². The molecule has 0 bridgehead atoms. The molecule has 1 aliphatic rings. The van der Waals surface area contributed by atoms with Crippen LogP contribution in [-0.4, -0.2) is 14.6 Å². The van der Waals surface area contributed by atoms with Crippen molar-refractivity contribution in [3.8, 4) is 22.5 Å². The summed E-state index contributed by atoms with van der Waals surface area (Å²) in [6.07, 6.45) is 2.10. The second-order valence-electron chi connectivity index (χ2n) is 6.35. The number of nitrogens with zero attached hydrogens (tertiary/aromatic N) is 3. The van der Waals surface area contributed by atoms with Gasteiger partial charge in [-0.2, -0.15) is 5.10 Å². The van der Waals surface area contributed by atoms with Crippen LogP contribution in [0.2, 0.25) is 0 Å². The summed E-state index contributed by atoms with van der Waals surface area (Å²) >= 11 is 0. The lowest BCUT2D eigenvalue weighted by Gasteiger charge is -2.21. The van der Waals surface area contributed by atoms with Gasteiger partial charge in [-0.1, -0.05) is 54.6 Å². The van der Waals surface area contributed by atoms with E-state index in [0.29, 0.717) is 0 Å². The van der Waals surface area contributed by atoms with Crippen LogP contribution in [0.15, 0.2) is 60.7 Å². The molecule has 5 rings (SSSR count). The molecule has 0 atom stereocenters. The minimum Gasteiger partial charge on any atom is -0.234 e. The lowest BCUT2D eigenvalue weighted by Crippen LogP contribution is -2.12. The average Bonchev–Trinajstić information content (AvgIpc) is 3.06. The number of aryl methyl sites for hydroxylation is 2. The first-order valence-corrected chi connectivity index (χ1v) is 8.34. The first kappa shape index (κ1) is 13.5. The van der Waals surface area contributed by atoms with E-state index in [4.69, 9.17) is 10.1 Å². The van der Waals surface area contributed by atoms with E-state index < -0.39 is 0 Å². The molecule has 0 spiro atoms. The number of hydrogen-bond acceptors (Lipinski definition) is 2. The molecule has 0 radical (unpaired) electrons. The van der Waals surface area contributed by atoms with Gasteiger partial charge in [-0.05, 0) is 25.3 Å². The SMILES string of the molecule is Cc1nc2cc(-c3ccccc3)nn2c2c1CCc1ccccc1-2. The Morgan fingerprint density at radius 1 is 0.917 bits per heavy atom. The summed E-state index contributed by atoms with van der Waals surface area (Å²) in [5.41, 5.74) is 9.35. The van der Waals surface area contributed by atoms with Gasteiger partial charge in [-0.3, -0.25) is 0 Å². The van der Waals surface area contributed by atoms with Crippen molar-refractivity contribution in [1.82, 2.24) is 14.6 Å². The Morgan fingerprint density at radius 2 is 1.71 bits per heavy atom. The molecule has 116 valence electrons. The lowest BCUT2D eigenvalue weighted by molar-refractivity contribution is 0.850. The minimum atomic E-state index is 0.918. The molecule has 24 heavy (non-hydrogen) atoms. The van der Waals surface area contributed by atoms with E-state index in [1.807, 2.05) is 22.7 Å². The quantitative estimate of drug-likeness (QED) is 0.519. The molecule has 0 fully saturated rings. The van der Waals surface area contributed by atoms with Crippen molar-refractivity contribution in [1.29, 1.82) is 0 Å². The Hall–Kier alpha value is -2.94. The van der Waals surface area contributed by atoms with Gasteiger partial charge in [0.1, 0.15) is 0 Å². The van der Waals surface area contributed by atoms with E-state index in [1.54, 1.807) is 0 Å². The lowest BCUT2D eigenvalue weighted by atomic mass is 9.88. The van der Waals surface area contributed by atoms with Crippen LogP contribution in [0.3, 0.4) is 0 Å². The Kier molecular flexibility index (Phi) is 2.83. The molecule has 0 saturated heterocycles. The van der Waals surface area contributed by atoms with Gasteiger partial charge in [-0.15, -0.1) is 0 Å². The fourth-order valence-corrected chi connectivity index (χ4v) is 3.71. The highest BCUT2D eigenvalue weighted by atomic mass is 15.3. The zero-order valence-electron chi connectivity index (χ0n) is 13.5. The Morgan fingerprint density at radius 3 is 2.58 bits per heavy atom. The molecule has 0 amide bonds. The van der Waals surface area contributed by atoms with Crippen LogP contribution >= 0.6 is 0 Å². The highest BCUT2D eigenvalue weighted by Crippen LogP contribution is 2.35. The maximum Gasteiger partial charge on any atom is 0.156 e. The van der Waals surface area contributed by atoms with Crippen LogP contribution in [0.5, 0.6) is 0 Å². The predicted octanol–water partition coefficient (Wildman–Crippen LogP) is 4.47. The van der Waals surface area contributed by atoms with Crippen molar-refractivity contribution in [2.75, 3.05) is 0 Å². The summed E-state index contributed by atoms with van der Waals surface area (Å²) in [6.45, 7) is 2.11. The van der Waals surface area contributed by atoms with Crippen LogP contribution in [0.1, 0.15) is 16.8 Å². The van der Waals surface area contributed by atoms with E-state index >= 15 is 0 Å². The van der Waals surface area contributed by atoms with Crippen molar-refractivity contribution in [2.45, 2.75) is 19.8 Å². The standard InChI is InChI=1S/C21H17N3/c1-14-17-12-11-15-7-5-6-10-18(15)21(17)24-20(22-14)13-19(23-24)16-8-3-2-4-9-16/h2-10,13H,11-12H2,1H3. The monoisotopic (exact) mass is 311 g/mol. The summed E-state index contributed by atoms with van der Waals surface area (Å²) in [7, 11) is 0. The Balaban J connectivity index is 1.83. The minimum absolute atomic E-state index is 0.918. The maximum atomic E-state index is 4.89. The van der Waals surface area contributed by atoms with Crippen LogP contribution in [-0.2, 0) is 12.8 Å². The molecule has 3 heteroatoms. The molecule has 0 unspecified atom stereocenters. The largest absolute Gasteiger partial charge is 0.234 e. The van der Waals surface area contributed by atoms with Crippen LogP contribution in [0.25, 0.3) is 28.2 Å². The molecule has 3 nitrogen and oxygen atoms in total. The van der Waals surface area contributed by atoms with Crippen molar-refractivity contribution < 1.29 is 0 Å². The topological polar surface area (TPSA) is 30.2 Å². The van der Waals surface area contributed by atoms with Crippen molar-refractivity contribution in [2.24, 2.45) is 0 Å². The normalized spacial score (nSPS) is 12.9. The third kappa shape index (κ3) is 1.91. The number of rotatable bonds is 1. The number of benzene rings is 2. The van der Waals surface area contributed by atoms with E-state index in [1.165, 1.54) is 22.4 Å². The first-order valence-electron chi connectivity index (χ1n) is 8.34. The highest BCUT2D eigenvalue weighted by molar-refractivity contribution is 5.74. The summed E-state index contributed by atoms with van der Waals surface area (Å²) < 4.78 is 2.03. The molecule has 2 aromatic carbocycles. The molecule has 4 aromatic rings. The first-order chi connectivity index (χ1) is 11.8. The number of aromatic nitrogens is 3. The third-order valence-electron chi connectivity index (χ3n) is 4.89. The van der Waals surface area contributed by atoms with E-state index in [-0.39, 0.29) is 0 Å². The summed E-state index contributed by atoms with van der Waals surface area (Å²) in [6, 6.07) is 21.0. The fraction of sp³-hybridized carbons (Fsp3) is 0.143. The Bertz CT molecular complexity index is 1060. The van der Waals surface area contributed by atoms with Crippen molar-refractivity contribution in [3.05, 3.63) is 77.5 Å². The molecule has 1 aliphatic carbocycles. The van der Waals surface area contributed by atoms with Gasteiger partial charge in [-0.25, -0.2) is 9.50 Å². The van der Waals surface area contributed by atoms with Crippen LogP contribution in [0, 0.1) is 6.92 Å². The maximum absolute atomic E-state index is 4.89. The molecule has 2 aromatic heterocycles. The fourth-order valence-electron chi connectivity index (χ4n) is 3.71. The third-order valence-corrected chi connectivity index (χ3v) is 4.89. The van der Waals surface area contributed by atoms with E-state index in [0.717, 1.165) is 35.4 Å². The Labute approximate surface area is 140 Å². The smallest absolute Gasteiger partial charge is 0.156 e. The zero-order valence-corrected chi connectivity index (χ0v) is 13.5. The second kappa shape index (κ2) is 5.03. The van der Waals surface area contributed by atoms with Crippen LogP contribution in [0.4, 0.5) is 0 Å². The number of fused-ring (bicyclic) bond motifs is 5. The van der Waals surface area contributed by atoms with Gasteiger partial charge < -0.3 is 0 Å². The van der Waals surface area contributed by atoms with Gasteiger partial charge in [0, 0.05) is 28.5 Å². The zero-order chi connectivity index (χ0) is 16.1. The van der Waals surface area contributed by atoms with Crippen molar-refractivity contribution in [3.63, 3.8) is 0 Å². The molecule has 0 aliphatic heterocycles. The summed E-state index contributed by atoms with van der Waals surface area (Å²) in [5.74, 6) is 0. The van der Waals surface area contributed by atoms with Crippen molar-refractivity contribution >= 4 is 5.65 Å². The second-order valence-corrected chi connectivity index (χ2v) is 6.35.